The van der Waals surface area contributed by atoms with E-state index in [0.29, 0.717) is 18.3 Å². The van der Waals surface area contributed by atoms with Gasteiger partial charge in [0, 0.05) is 17.4 Å². The monoisotopic (exact) mass is 517 g/mol. The number of aromatic nitrogens is 1. The quantitative estimate of drug-likeness (QED) is 0.207. The molecule has 0 amide bonds. The zero-order chi connectivity index (χ0) is 26.8. The third kappa shape index (κ3) is 5.01. The van der Waals surface area contributed by atoms with Gasteiger partial charge >= 0.3 is 5.97 Å². The van der Waals surface area contributed by atoms with Gasteiger partial charge in [-0.25, -0.2) is 9.78 Å². The first kappa shape index (κ1) is 24.5. The summed E-state index contributed by atoms with van der Waals surface area (Å²) in [6, 6.07) is 26.8. The lowest BCUT2D eigenvalue weighted by Gasteiger charge is -2.08. The lowest BCUT2D eigenvalue weighted by atomic mass is 10.1. The Balaban J connectivity index is 1.23. The Morgan fingerprint density at radius 1 is 0.923 bits per heavy atom. The summed E-state index contributed by atoms with van der Waals surface area (Å²) in [5.41, 5.74) is 3.88. The number of rotatable bonds is 9. The molecule has 0 aliphatic rings. The Bertz CT molecular complexity index is 1780. The van der Waals surface area contributed by atoms with E-state index in [1.165, 1.54) is 0 Å². The summed E-state index contributed by atoms with van der Waals surface area (Å²) < 4.78 is 18.4. The van der Waals surface area contributed by atoms with Crippen LogP contribution in [0.2, 0.25) is 0 Å². The van der Waals surface area contributed by atoms with E-state index < -0.39 is 5.97 Å². The third-order valence-corrected chi connectivity index (χ3v) is 6.85. The molecule has 2 heterocycles. The number of unbranched alkanes of at least 4 members (excludes halogenated alkanes) is 1. The summed E-state index contributed by atoms with van der Waals surface area (Å²) >= 11 is 0. The lowest BCUT2D eigenvalue weighted by molar-refractivity contribution is 0.0697. The molecule has 0 aliphatic carbocycles. The van der Waals surface area contributed by atoms with E-state index in [9.17, 15) is 4.79 Å². The summed E-state index contributed by atoms with van der Waals surface area (Å²) in [5, 5.41) is 12.2. The number of fused-ring (bicyclic) bond motifs is 2. The molecule has 0 fully saturated rings. The molecule has 6 aromatic rings. The van der Waals surface area contributed by atoms with Crippen molar-refractivity contribution in [2.24, 2.45) is 0 Å². The standard InChI is InChI=1S/C33H27NO5/c1-2-3-7-29-31(27-6-4-5-8-28(27)38-29)32-34-19-30(39-32)25-14-13-24-18-26(16-15-23(24)17-25)37-20-21-9-11-22(12-10-21)33(35)36/h4-6,8-19H,2-3,7,20H2,1H3,(H,35,36). The summed E-state index contributed by atoms with van der Waals surface area (Å²) in [7, 11) is 0. The molecule has 0 spiro atoms. The molecule has 0 saturated carbocycles. The fourth-order valence-corrected chi connectivity index (χ4v) is 4.74. The highest BCUT2D eigenvalue weighted by Gasteiger charge is 2.20. The number of aromatic carboxylic acids is 1. The Morgan fingerprint density at radius 2 is 1.72 bits per heavy atom. The van der Waals surface area contributed by atoms with Crippen molar-refractivity contribution in [2.45, 2.75) is 32.8 Å². The van der Waals surface area contributed by atoms with Crippen LogP contribution in [0.4, 0.5) is 0 Å². The number of aryl methyl sites for hydroxylation is 1. The maximum absolute atomic E-state index is 11.0. The highest BCUT2D eigenvalue weighted by atomic mass is 16.5. The molecule has 0 unspecified atom stereocenters. The number of carbonyl (C=O) groups is 1. The van der Waals surface area contributed by atoms with Gasteiger partial charge < -0.3 is 18.7 Å². The van der Waals surface area contributed by atoms with E-state index in [1.807, 2.05) is 54.6 Å². The second-order valence-electron chi connectivity index (χ2n) is 9.54. The van der Waals surface area contributed by atoms with Crippen LogP contribution in [0.25, 0.3) is 44.5 Å². The summed E-state index contributed by atoms with van der Waals surface area (Å²) in [4.78, 5) is 15.7. The number of carboxylic acids is 1. The SMILES string of the molecule is CCCCc1oc2ccccc2c1-c1ncc(-c2ccc3cc(OCc4ccc(C(=O)O)cc4)ccc3c2)o1. The number of oxazole rings is 1. The topological polar surface area (TPSA) is 85.7 Å². The molecular weight excluding hydrogens is 490 g/mol. The molecule has 0 radical (unpaired) electrons. The molecule has 6 nitrogen and oxygen atoms in total. The number of benzene rings is 4. The van der Waals surface area contributed by atoms with Crippen molar-refractivity contribution in [1.82, 2.24) is 4.98 Å². The number of ether oxygens (including phenoxy) is 1. The van der Waals surface area contributed by atoms with Gasteiger partial charge in [0.25, 0.3) is 0 Å². The van der Waals surface area contributed by atoms with Crippen LogP contribution < -0.4 is 4.74 Å². The molecule has 194 valence electrons. The second kappa shape index (κ2) is 10.5. The maximum atomic E-state index is 11.0. The predicted octanol–water partition coefficient (Wildman–Crippen LogP) is 8.53. The van der Waals surface area contributed by atoms with Crippen LogP contribution in [0, 0.1) is 0 Å². The van der Waals surface area contributed by atoms with Crippen molar-refractivity contribution in [3.63, 3.8) is 0 Å². The molecule has 4 aromatic carbocycles. The summed E-state index contributed by atoms with van der Waals surface area (Å²) in [6.45, 7) is 2.52. The average molecular weight is 518 g/mol. The Morgan fingerprint density at radius 3 is 2.54 bits per heavy atom. The van der Waals surface area contributed by atoms with Crippen LogP contribution in [0.15, 0.2) is 100.0 Å². The lowest BCUT2D eigenvalue weighted by Crippen LogP contribution is -1.98. The van der Waals surface area contributed by atoms with Crippen molar-refractivity contribution >= 4 is 27.7 Å². The number of carboxylic acid groups (broad SMARTS) is 1. The number of para-hydroxylation sites is 1. The molecule has 0 bridgehead atoms. The maximum Gasteiger partial charge on any atom is 0.335 e. The Hall–Kier alpha value is -4.84. The molecule has 0 aliphatic heterocycles. The number of nitrogens with zero attached hydrogens (tertiary/aromatic N) is 1. The molecular formula is C33H27NO5. The molecule has 0 atom stereocenters. The van der Waals surface area contributed by atoms with Gasteiger partial charge in [0.05, 0.1) is 17.3 Å². The third-order valence-electron chi connectivity index (χ3n) is 6.85. The molecule has 2 aromatic heterocycles. The van der Waals surface area contributed by atoms with E-state index in [4.69, 9.17) is 18.7 Å². The molecule has 0 saturated heterocycles. The highest BCUT2D eigenvalue weighted by Crippen LogP contribution is 2.37. The van der Waals surface area contributed by atoms with E-state index in [-0.39, 0.29) is 5.56 Å². The second-order valence-corrected chi connectivity index (χ2v) is 9.54. The van der Waals surface area contributed by atoms with Gasteiger partial charge in [-0.05, 0) is 59.2 Å². The van der Waals surface area contributed by atoms with Gasteiger partial charge in [-0.15, -0.1) is 0 Å². The van der Waals surface area contributed by atoms with Crippen LogP contribution in [-0.4, -0.2) is 16.1 Å². The number of hydrogen-bond donors (Lipinski definition) is 1. The van der Waals surface area contributed by atoms with Crippen LogP contribution in [0.5, 0.6) is 5.75 Å². The van der Waals surface area contributed by atoms with Gasteiger partial charge in [-0.3, -0.25) is 0 Å². The minimum absolute atomic E-state index is 0.259. The van der Waals surface area contributed by atoms with Crippen LogP contribution >= 0.6 is 0 Å². The van der Waals surface area contributed by atoms with Gasteiger partial charge in [-0.1, -0.05) is 61.9 Å². The first-order valence-electron chi connectivity index (χ1n) is 13.0. The number of hydrogen-bond acceptors (Lipinski definition) is 5. The van der Waals surface area contributed by atoms with Gasteiger partial charge in [0.15, 0.2) is 5.76 Å². The smallest absolute Gasteiger partial charge is 0.335 e. The van der Waals surface area contributed by atoms with Crippen LogP contribution in [0.3, 0.4) is 0 Å². The fourth-order valence-electron chi connectivity index (χ4n) is 4.74. The highest BCUT2D eigenvalue weighted by molar-refractivity contribution is 5.94. The van der Waals surface area contributed by atoms with Crippen molar-refractivity contribution in [1.29, 1.82) is 0 Å². The zero-order valence-electron chi connectivity index (χ0n) is 21.5. The van der Waals surface area contributed by atoms with E-state index in [0.717, 1.165) is 69.2 Å². The Labute approximate surface area is 225 Å². The normalized spacial score (nSPS) is 11.3. The molecule has 39 heavy (non-hydrogen) atoms. The largest absolute Gasteiger partial charge is 0.489 e. The summed E-state index contributed by atoms with van der Waals surface area (Å²) in [6.07, 6.45) is 4.73. The average Bonchev–Trinajstić information content (AvgIpc) is 3.59. The van der Waals surface area contributed by atoms with Crippen molar-refractivity contribution in [3.05, 3.63) is 108 Å². The van der Waals surface area contributed by atoms with Crippen molar-refractivity contribution in [2.75, 3.05) is 0 Å². The van der Waals surface area contributed by atoms with Gasteiger partial charge in [-0.2, -0.15) is 0 Å². The van der Waals surface area contributed by atoms with Crippen LogP contribution in [0.1, 0.15) is 41.4 Å². The minimum Gasteiger partial charge on any atom is -0.489 e. The van der Waals surface area contributed by atoms with E-state index in [1.54, 1.807) is 30.5 Å². The molecule has 1 N–H and O–H groups in total. The van der Waals surface area contributed by atoms with Gasteiger partial charge in [0.2, 0.25) is 5.89 Å². The van der Waals surface area contributed by atoms with Crippen molar-refractivity contribution in [3.8, 4) is 28.5 Å². The fraction of sp³-hybridized carbons (Fsp3) is 0.152. The van der Waals surface area contributed by atoms with Crippen LogP contribution in [-0.2, 0) is 13.0 Å². The first-order chi connectivity index (χ1) is 19.1. The van der Waals surface area contributed by atoms with E-state index >= 15 is 0 Å². The molecule has 6 heteroatoms. The number of furan rings is 1. The van der Waals surface area contributed by atoms with E-state index in [2.05, 4.69) is 18.0 Å². The van der Waals surface area contributed by atoms with Crippen molar-refractivity contribution < 1.29 is 23.5 Å². The molecule has 6 rings (SSSR count). The Kier molecular flexibility index (Phi) is 6.59. The van der Waals surface area contributed by atoms with Gasteiger partial charge in [0.1, 0.15) is 23.7 Å². The predicted molar refractivity (Wildman–Crippen MR) is 151 cm³/mol. The minimum atomic E-state index is -0.940. The first-order valence-corrected chi connectivity index (χ1v) is 13.0. The zero-order valence-corrected chi connectivity index (χ0v) is 21.5. The summed E-state index contributed by atoms with van der Waals surface area (Å²) in [5.74, 6) is 1.98.